The van der Waals surface area contributed by atoms with Crippen LogP contribution in [0.4, 0.5) is 0 Å². The molecular formula is C16H19IOSi. The molecule has 0 bridgehead atoms. The predicted molar refractivity (Wildman–Crippen MR) is 92.2 cm³/mol. The molecule has 2 rings (SSSR count). The highest BCUT2D eigenvalue weighted by Crippen LogP contribution is 2.30. The van der Waals surface area contributed by atoms with Crippen LogP contribution in [0.15, 0.2) is 24.3 Å². The van der Waals surface area contributed by atoms with E-state index in [2.05, 4.69) is 81.5 Å². The standard InChI is InChI=1S/C16H19IOSi/c1-10-8-12-6-7-13(18-19-16(3,4)5)9-14(12)15(17)11(10)2/h6-9H,1-5H3. The molecule has 0 saturated carbocycles. The quantitative estimate of drug-likeness (QED) is 0.507. The normalized spacial score (nSPS) is 11.9. The first-order valence-electron chi connectivity index (χ1n) is 6.41. The second-order valence-corrected chi connectivity index (χ2v) is 8.96. The minimum Gasteiger partial charge on any atom is -0.540 e. The van der Waals surface area contributed by atoms with Gasteiger partial charge in [0.1, 0.15) is 5.75 Å². The minimum atomic E-state index is 0.214. The summed E-state index contributed by atoms with van der Waals surface area (Å²) < 4.78 is 7.26. The summed E-state index contributed by atoms with van der Waals surface area (Å²) in [6.45, 7) is 10.9. The van der Waals surface area contributed by atoms with Gasteiger partial charge in [-0.05, 0) is 75.5 Å². The maximum Gasteiger partial charge on any atom is 0.316 e. The van der Waals surface area contributed by atoms with E-state index < -0.39 is 0 Å². The molecule has 0 unspecified atom stereocenters. The SMILES string of the molecule is Cc1cc2ccc(O[Si]C(C)(C)C)cc2c(I)c1C. The van der Waals surface area contributed by atoms with Crippen LogP contribution >= 0.6 is 22.6 Å². The van der Waals surface area contributed by atoms with Crippen molar-refractivity contribution in [1.29, 1.82) is 0 Å². The van der Waals surface area contributed by atoms with Gasteiger partial charge in [-0.15, -0.1) is 0 Å². The third-order valence-electron chi connectivity index (χ3n) is 3.03. The molecule has 0 heterocycles. The Morgan fingerprint density at radius 1 is 1.11 bits per heavy atom. The van der Waals surface area contributed by atoms with Crippen LogP contribution in [0, 0.1) is 17.4 Å². The molecule has 2 radical (unpaired) electrons. The Balaban J connectivity index is 2.40. The molecule has 3 heteroatoms. The second-order valence-electron chi connectivity index (χ2n) is 5.97. The van der Waals surface area contributed by atoms with E-state index in [9.17, 15) is 0 Å². The number of aryl methyl sites for hydroxylation is 1. The van der Waals surface area contributed by atoms with Crippen molar-refractivity contribution in [1.82, 2.24) is 0 Å². The van der Waals surface area contributed by atoms with Crippen molar-refractivity contribution >= 4 is 43.1 Å². The molecule has 2 aromatic rings. The first-order chi connectivity index (χ1) is 8.78. The van der Waals surface area contributed by atoms with E-state index in [1.165, 1.54) is 25.5 Å². The van der Waals surface area contributed by atoms with Gasteiger partial charge in [0.15, 0.2) is 0 Å². The number of benzene rings is 2. The highest BCUT2D eigenvalue weighted by molar-refractivity contribution is 14.1. The van der Waals surface area contributed by atoms with Gasteiger partial charge in [0.05, 0.1) is 0 Å². The van der Waals surface area contributed by atoms with Crippen molar-refractivity contribution in [2.75, 3.05) is 0 Å². The molecule has 0 aliphatic heterocycles. The number of rotatable bonds is 2. The van der Waals surface area contributed by atoms with Gasteiger partial charge in [-0.3, -0.25) is 0 Å². The third-order valence-corrected chi connectivity index (χ3v) is 5.37. The lowest BCUT2D eigenvalue weighted by molar-refractivity contribution is 0.545. The Bertz CT molecular complexity index is 614. The molecule has 2 aromatic carbocycles. The summed E-state index contributed by atoms with van der Waals surface area (Å²) in [6, 6.07) is 8.66. The number of hydrogen-bond donors (Lipinski definition) is 0. The molecule has 0 spiro atoms. The highest BCUT2D eigenvalue weighted by atomic mass is 127. The van der Waals surface area contributed by atoms with Crippen molar-refractivity contribution in [3.05, 3.63) is 39.0 Å². The Morgan fingerprint density at radius 3 is 2.42 bits per heavy atom. The zero-order valence-corrected chi connectivity index (χ0v) is 15.3. The van der Waals surface area contributed by atoms with Crippen molar-refractivity contribution in [2.24, 2.45) is 0 Å². The van der Waals surface area contributed by atoms with E-state index in [1.54, 1.807) is 0 Å². The number of hydrogen-bond acceptors (Lipinski definition) is 1. The molecule has 0 atom stereocenters. The van der Waals surface area contributed by atoms with Gasteiger partial charge < -0.3 is 4.43 Å². The molecule has 0 aliphatic rings. The number of fused-ring (bicyclic) bond motifs is 1. The summed E-state index contributed by atoms with van der Waals surface area (Å²) in [6.07, 6.45) is 0. The van der Waals surface area contributed by atoms with E-state index in [4.69, 9.17) is 4.43 Å². The van der Waals surface area contributed by atoms with Crippen molar-refractivity contribution in [2.45, 2.75) is 39.7 Å². The van der Waals surface area contributed by atoms with Gasteiger partial charge in [0.25, 0.3) is 0 Å². The second kappa shape index (κ2) is 5.44. The molecule has 1 nitrogen and oxygen atoms in total. The molecule has 0 saturated heterocycles. The highest BCUT2D eigenvalue weighted by Gasteiger charge is 2.15. The fourth-order valence-corrected chi connectivity index (χ4v) is 3.29. The van der Waals surface area contributed by atoms with E-state index in [0.717, 1.165) is 5.75 Å². The average Bonchev–Trinajstić information content (AvgIpc) is 2.33. The van der Waals surface area contributed by atoms with Gasteiger partial charge >= 0.3 is 9.76 Å². The van der Waals surface area contributed by atoms with Gasteiger partial charge in [0.2, 0.25) is 0 Å². The van der Waals surface area contributed by atoms with Crippen molar-refractivity contribution < 1.29 is 4.43 Å². The molecule has 0 fully saturated rings. The molecule has 19 heavy (non-hydrogen) atoms. The molecular weight excluding hydrogens is 363 g/mol. The zero-order valence-electron chi connectivity index (χ0n) is 12.1. The average molecular weight is 382 g/mol. The Labute approximate surface area is 131 Å². The zero-order chi connectivity index (χ0) is 14.2. The molecule has 100 valence electrons. The lowest BCUT2D eigenvalue weighted by atomic mass is 10.0. The smallest absolute Gasteiger partial charge is 0.316 e. The monoisotopic (exact) mass is 382 g/mol. The Hall–Kier alpha value is -0.553. The number of halogens is 1. The van der Waals surface area contributed by atoms with E-state index >= 15 is 0 Å². The summed E-state index contributed by atoms with van der Waals surface area (Å²) in [5.74, 6) is 0.974. The Morgan fingerprint density at radius 2 is 1.79 bits per heavy atom. The summed E-state index contributed by atoms with van der Waals surface area (Å²) >= 11 is 2.44. The van der Waals surface area contributed by atoms with Crippen molar-refractivity contribution in [3.8, 4) is 5.75 Å². The van der Waals surface area contributed by atoms with E-state index in [-0.39, 0.29) is 5.04 Å². The topological polar surface area (TPSA) is 9.23 Å². The van der Waals surface area contributed by atoms with Crippen LogP contribution in [0.2, 0.25) is 5.04 Å². The first-order valence-corrected chi connectivity index (χ1v) is 8.40. The van der Waals surface area contributed by atoms with Crippen LogP contribution < -0.4 is 4.43 Å². The predicted octanol–water partition coefficient (Wildman–Crippen LogP) is 5.28. The van der Waals surface area contributed by atoms with Gasteiger partial charge in [-0.1, -0.05) is 32.9 Å². The maximum absolute atomic E-state index is 5.93. The minimum absolute atomic E-state index is 0.214. The lowest BCUT2D eigenvalue weighted by Crippen LogP contribution is -2.15. The van der Waals surface area contributed by atoms with Crippen LogP contribution in [0.5, 0.6) is 5.75 Å². The summed E-state index contributed by atoms with van der Waals surface area (Å²) in [7, 11) is 0.479. The van der Waals surface area contributed by atoms with E-state index in [0.29, 0.717) is 9.76 Å². The fraction of sp³-hybridized carbons (Fsp3) is 0.375. The summed E-state index contributed by atoms with van der Waals surface area (Å²) in [5.41, 5.74) is 2.71. The summed E-state index contributed by atoms with van der Waals surface area (Å²) in [5, 5.41) is 2.80. The van der Waals surface area contributed by atoms with Crippen LogP contribution in [0.1, 0.15) is 31.9 Å². The fourth-order valence-electron chi connectivity index (χ4n) is 1.84. The summed E-state index contributed by atoms with van der Waals surface area (Å²) in [4.78, 5) is 0. The molecule has 0 amide bonds. The molecule has 0 N–H and O–H groups in total. The van der Waals surface area contributed by atoms with Crippen LogP contribution in [0.25, 0.3) is 10.8 Å². The van der Waals surface area contributed by atoms with Crippen molar-refractivity contribution in [3.63, 3.8) is 0 Å². The van der Waals surface area contributed by atoms with Crippen LogP contribution in [-0.2, 0) is 0 Å². The van der Waals surface area contributed by atoms with Gasteiger partial charge in [-0.25, -0.2) is 0 Å². The largest absolute Gasteiger partial charge is 0.540 e. The Kier molecular flexibility index (Phi) is 4.25. The molecule has 0 aliphatic carbocycles. The maximum atomic E-state index is 5.93. The van der Waals surface area contributed by atoms with E-state index in [1.807, 2.05) is 0 Å². The van der Waals surface area contributed by atoms with Crippen LogP contribution in [-0.4, -0.2) is 9.76 Å². The van der Waals surface area contributed by atoms with Crippen LogP contribution in [0.3, 0.4) is 0 Å². The molecule has 0 aromatic heterocycles. The van der Waals surface area contributed by atoms with Gasteiger partial charge in [0, 0.05) is 3.57 Å². The third kappa shape index (κ3) is 3.51. The first kappa shape index (κ1) is 14.8. The van der Waals surface area contributed by atoms with Gasteiger partial charge in [-0.2, -0.15) is 0 Å². The lowest BCUT2D eigenvalue weighted by Gasteiger charge is -2.17.